The molecule has 0 saturated carbocycles. The van der Waals surface area contributed by atoms with Crippen LogP contribution >= 0.6 is 0 Å². The molecule has 2 fully saturated rings. The number of amides is 3. The highest BCUT2D eigenvalue weighted by Crippen LogP contribution is 2.36. The van der Waals surface area contributed by atoms with Crippen LogP contribution in [0.2, 0.25) is 0 Å². The number of benzene rings is 3. The van der Waals surface area contributed by atoms with Gasteiger partial charge in [0, 0.05) is 30.8 Å². The van der Waals surface area contributed by atoms with Crippen LogP contribution in [0, 0.1) is 17.8 Å². The van der Waals surface area contributed by atoms with Gasteiger partial charge in [-0.3, -0.25) is 9.59 Å². The number of likely N-dealkylation sites (tertiary alicyclic amines) is 2. The summed E-state index contributed by atoms with van der Waals surface area (Å²) in [4.78, 5) is 59.4. The van der Waals surface area contributed by atoms with E-state index >= 15 is 0 Å². The van der Waals surface area contributed by atoms with Crippen molar-refractivity contribution in [3.05, 3.63) is 72.4 Å². The third kappa shape index (κ3) is 6.76. The van der Waals surface area contributed by atoms with Gasteiger partial charge in [-0.2, -0.15) is 0 Å². The summed E-state index contributed by atoms with van der Waals surface area (Å²) in [5.74, 6) is 1.88. The number of alkyl carbamates (subject to hydrolysis) is 1. The Balaban J connectivity index is 1.08. The van der Waals surface area contributed by atoms with Crippen LogP contribution in [0.1, 0.15) is 84.0 Å². The molecule has 2 aliphatic rings. The largest absolute Gasteiger partial charge is 0.453 e. The number of rotatable bonds is 9. The Bertz CT molecular complexity index is 2120. The zero-order chi connectivity index (χ0) is 36.7. The minimum atomic E-state index is -0.676. The molecule has 4 heterocycles. The summed E-state index contributed by atoms with van der Waals surface area (Å²) in [6, 6.07) is 18.3. The van der Waals surface area contributed by atoms with Crippen molar-refractivity contribution in [2.75, 3.05) is 20.2 Å². The number of nitrogens with zero attached hydrogens (tertiary/aromatic N) is 4. The predicted molar refractivity (Wildman–Crippen MR) is 202 cm³/mol. The van der Waals surface area contributed by atoms with E-state index in [9.17, 15) is 14.4 Å². The number of methoxy groups -OCH3 is 1. The molecule has 272 valence electrons. The molecule has 3 N–H and O–H groups in total. The maximum atomic E-state index is 13.6. The Morgan fingerprint density at radius 2 is 1.38 bits per heavy atom. The number of aromatic nitrogens is 4. The van der Waals surface area contributed by atoms with Crippen LogP contribution in [0.15, 0.2) is 60.8 Å². The van der Waals surface area contributed by atoms with Gasteiger partial charge in [0.2, 0.25) is 11.8 Å². The fraction of sp³-hybridized carbons (Fsp3) is 0.439. The van der Waals surface area contributed by atoms with Gasteiger partial charge in [-0.1, -0.05) is 65.0 Å². The van der Waals surface area contributed by atoms with Gasteiger partial charge in [0.1, 0.15) is 17.7 Å². The van der Waals surface area contributed by atoms with Crippen LogP contribution in [0.4, 0.5) is 4.79 Å². The molecular weight excluding hydrogens is 654 g/mol. The monoisotopic (exact) mass is 703 g/mol. The van der Waals surface area contributed by atoms with Crippen LogP contribution in [0.5, 0.6) is 0 Å². The van der Waals surface area contributed by atoms with Crippen LogP contribution in [-0.2, 0) is 14.3 Å². The average Bonchev–Trinajstić information content (AvgIpc) is 3.97. The summed E-state index contributed by atoms with van der Waals surface area (Å²) in [6.07, 6.45) is 4.85. The molecule has 11 nitrogen and oxygen atoms in total. The molecule has 0 bridgehead atoms. The summed E-state index contributed by atoms with van der Waals surface area (Å²) >= 11 is 0. The molecule has 0 radical (unpaired) electrons. The topological polar surface area (TPSA) is 136 Å². The molecule has 0 aliphatic carbocycles. The van der Waals surface area contributed by atoms with Gasteiger partial charge in [0.05, 0.1) is 35.9 Å². The lowest BCUT2D eigenvalue weighted by Crippen LogP contribution is -2.51. The van der Waals surface area contributed by atoms with E-state index in [1.807, 2.05) is 36.8 Å². The van der Waals surface area contributed by atoms with E-state index < -0.39 is 12.1 Å². The quantitative estimate of drug-likeness (QED) is 0.144. The fourth-order valence-corrected chi connectivity index (χ4v) is 7.66. The number of aromatic amines is 2. The molecule has 5 aromatic rings. The number of hydrogen-bond acceptors (Lipinski definition) is 6. The normalized spacial score (nSPS) is 18.8. The second-order valence-electron chi connectivity index (χ2n) is 15.1. The molecule has 2 saturated heterocycles. The van der Waals surface area contributed by atoms with Crippen molar-refractivity contribution in [2.24, 2.45) is 17.8 Å². The number of H-pyrrole nitrogens is 2. The molecule has 3 aromatic carbocycles. The van der Waals surface area contributed by atoms with E-state index in [0.29, 0.717) is 12.5 Å². The van der Waals surface area contributed by atoms with Gasteiger partial charge in [-0.15, -0.1) is 0 Å². The van der Waals surface area contributed by atoms with Crippen molar-refractivity contribution >= 4 is 39.7 Å². The number of nitrogens with one attached hydrogen (secondary N) is 3. The zero-order valence-electron chi connectivity index (χ0n) is 30.9. The lowest BCUT2D eigenvalue weighted by molar-refractivity contribution is -0.137. The lowest BCUT2D eigenvalue weighted by atomic mass is 9.96. The van der Waals surface area contributed by atoms with E-state index in [1.54, 1.807) is 0 Å². The van der Waals surface area contributed by atoms with E-state index in [-0.39, 0.29) is 35.7 Å². The van der Waals surface area contributed by atoms with Crippen LogP contribution in [-0.4, -0.2) is 73.9 Å². The summed E-state index contributed by atoms with van der Waals surface area (Å²) in [6.45, 7) is 11.4. The molecule has 4 atom stereocenters. The van der Waals surface area contributed by atoms with Crippen LogP contribution in [0.3, 0.4) is 0 Å². The van der Waals surface area contributed by atoms with Crippen LogP contribution < -0.4 is 5.32 Å². The smallest absolute Gasteiger partial charge is 0.407 e. The number of carbonyl (C=O) groups excluding carboxylic acids is 3. The summed E-state index contributed by atoms with van der Waals surface area (Å²) in [7, 11) is 1.30. The minimum absolute atomic E-state index is 0.0145. The lowest BCUT2D eigenvalue weighted by Gasteiger charge is -2.29. The van der Waals surface area contributed by atoms with Crippen molar-refractivity contribution in [2.45, 2.75) is 78.4 Å². The predicted octanol–water partition coefficient (Wildman–Crippen LogP) is 7.77. The fourth-order valence-electron chi connectivity index (χ4n) is 7.66. The van der Waals surface area contributed by atoms with Crippen LogP contribution in [0.25, 0.3) is 44.2 Å². The van der Waals surface area contributed by atoms with Crippen molar-refractivity contribution < 1.29 is 19.1 Å². The summed E-state index contributed by atoms with van der Waals surface area (Å²) in [5.41, 5.74) is 5.85. The van der Waals surface area contributed by atoms with E-state index in [1.165, 1.54) is 7.11 Å². The summed E-state index contributed by atoms with van der Waals surface area (Å²) < 4.78 is 4.77. The Morgan fingerprint density at radius 3 is 2.06 bits per heavy atom. The molecule has 7 rings (SSSR count). The highest BCUT2D eigenvalue weighted by molar-refractivity contribution is 5.92. The van der Waals surface area contributed by atoms with E-state index in [2.05, 4.69) is 83.7 Å². The average molecular weight is 704 g/mol. The first-order chi connectivity index (χ1) is 25.0. The van der Waals surface area contributed by atoms with E-state index in [4.69, 9.17) is 14.7 Å². The molecule has 0 unspecified atom stereocenters. The van der Waals surface area contributed by atoms with Gasteiger partial charge >= 0.3 is 6.09 Å². The Hall–Kier alpha value is -5.19. The Labute approximate surface area is 304 Å². The first kappa shape index (κ1) is 35.2. The van der Waals surface area contributed by atoms with Gasteiger partial charge in [-0.05, 0) is 83.7 Å². The molecule has 2 aromatic heterocycles. The highest BCUT2D eigenvalue weighted by atomic mass is 16.5. The zero-order valence-corrected chi connectivity index (χ0v) is 30.9. The number of ether oxygens (including phenoxy) is 1. The minimum Gasteiger partial charge on any atom is -0.453 e. The number of fused-ring (bicyclic) bond motifs is 2. The van der Waals surface area contributed by atoms with Gasteiger partial charge in [0.25, 0.3) is 0 Å². The molecule has 0 spiro atoms. The Morgan fingerprint density at radius 1 is 0.769 bits per heavy atom. The molecule has 3 amide bonds. The maximum Gasteiger partial charge on any atom is 0.407 e. The maximum absolute atomic E-state index is 13.6. The first-order valence-corrected chi connectivity index (χ1v) is 18.6. The second kappa shape index (κ2) is 14.4. The van der Waals surface area contributed by atoms with Gasteiger partial charge in [-0.25, -0.2) is 14.8 Å². The molecule has 11 heteroatoms. The van der Waals surface area contributed by atoms with E-state index in [0.717, 1.165) is 88.1 Å². The molecular formula is C41H49N7O4. The summed E-state index contributed by atoms with van der Waals surface area (Å²) in [5, 5.41) is 4.92. The van der Waals surface area contributed by atoms with Crippen molar-refractivity contribution in [1.29, 1.82) is 0 Å². The number of hydrogen-bond donors (Lipinski definition) is 3. The SMILES string of the molecule is COC(=O)N[C@H](C(=O)N1CCC[C@H]1c1nc(-c2ccc3cc(-c4ccc5[nH]c([C@@H]6CCCN6C(=O)[C@@H](C)C(C)C)nc5c4)ccc3c2)c[nH]1)C(C)C. The van der Waals surface area contributed by atoms with Crippen molar-refractivity contribution in [3.63, 3.8) is 0 Å². The molecule has 52 heavy (non-hydrogen) atoms. The standard InChI is InChI=1S/C41H49N7O4/c1-23(2)25(5)39(49)47-17-8-10-35(47)38-43-31-16-15-29(21-32(31)44-38)27-11-12-28-20-30(14-13-26(28)19-27)33-22-42-37(45-33)34-9-7-18-48(34)40(50)36(24(3)4)46-41(51)52-6/h11-16,19-25,34-36H,7-10,17-18H2,1-6H3,(H,42,45)(H,43,44)(H,46,51)/t25-,34-,35-,36-/m0/s1. The third-order valence-corrected chi connectivity index (χ3v) is 11.1. The van der Waals surface area contributed by atoms with Crippen molar-refractivity contribution in [3.8, 4) is 22.4 Å². The highest BCUT2D eigenvalue weighted by Gasteiger charge is 2.38. The van der Waals surface area contributed by atoms with Gasteiger partial charge in [0.15, 0.2) is 0 Å². The number of carbonyl (C=O) groups is 3. The molecule has 2 aliphatic heterocycles. The first-order valence-electron chi connectivity index (χ1n) is 18.6. The van der Waals surface area contributed by atoms with Gasteiger partial charge < -0.3 is 29.8 Å². The second-order valence-corrected chi connectivity index (χ2v) is 15.1. The Kier molecular flexibility index (Phi) is 9.78. The third-order valence-electron chi connectivity index (χ3n) is 11.1. The number of imidazole rings is 2. The van der Waals surface area contributed by atoms with Crippen molar-refractivity contribution in [1.82, 2.24) is 35.1 Å².